The second-order valence-corrected chi connectivity index (χ2v) is 7.99. The van der Waals surface area contributed by atoms with Crippen LogP contribution in [0.1, 0.15) is 27.0 Å². The number of ether oxygens (including phenoxy) is 1. The summed E-state index contributed by atoms with van der Waals surface area (Å²) in [5.74, 6) is -0.106. The summed E-state index contributed by atoms with van der Waals surface area (Å²) in [5, 5.41) is 2.96. The molecule has 0 atom stereocenters. The number of hydrogen-bond acceptors (Lipinski definition) is 5. The Hall–Kier alpha value is -2.96. The van der Waals surface area contributed by atoms with Gasteiger partial charge in [0.15, 0.2) is 5.78 Å². The van der Waals surface area contributed by atoms with E-state index < -0.39 is 0 Å². The Bertz CT molecular complexity index is 1020. The largest absolute Gasteiger partial charge is 0.378 e. The Morgan fingerprint density at radius 3 is 2.48 bits per heavy atom. The molecule has 0 radical (unpaired) electrons. The fourth-order valence-electron chi connectivity index (χ4n) is 3.28. The normalized spacial score (nSPS) is 13.9. The van der Waals surface area contributed by atoms with Gasteiger partial charge in [0.05, 0.1) is 18.1 Å². The Kier molecular flexibility index (Phi) is 5.74. The number of nitrogens with one attached hydrogen (secondary N) is 1. The van der Waals surface area contributed by atoms with Crippen molar-refractivity contribution < 1.29 is 14.3 Å². The predicted molar refractivity (Wildman–Crippen MR) is 117 cm³/mol. The number of anilines is 2. The summed E-state index contributed by atoms with van der Waals surface area (Å²) in [5.41, 5.74) is 3.51. The van der Waals surface area contributed by atoms with Crippen LogP contribution in [0.25, 0.3) is 10.4 Å². The van der Waals surface area contributed by atoms with Gasteiger partial charge in [-0.3, -0.25) is 9.59 Å². The van der Waals surface area contributed by atoms with Gasteiger partial charge in [-0.25, -0.2) is 0 Å². The lowest BCUT2D eigenvalue weighted by molar-refractivity contribution is 0.101. The minimum Gasteiger partial charge on any atom is -0.378 e. The second-order valence-electron chi connectivity index (χ2n) is 6.90. The van der Waals surface area contributed by atoms with Crippen LogP contribution in [0, 0.1) is 0 Å². The van der Waals surface area contributed by atoms with Gasteiger partial charge < -0.3 is 15.0 Å². The van der Waals surface area contributed by atoms with Gasteiger partial charge in [-0.05, 0) is 55.0 Å². The van der Waals surface area contributed by atoms with E-state index in [-0.39, 0.29) is 11.7 Å². The summed E-state index contributed by atoms with van der Waals surface area (Å²) in [6, 6.07) is 19.1. The third-order valence-electron chi connectivity index (χ3n) is 4.88. The second kappa shape index (κ2) is 8.59. The summed E-state index contributed by atoms with van der Waals surface area (Å²) < 4.78 is 5.38. The van der Waals surface area contributed by atoms with E-state index in [4.69, 9.17) is 4.74 Å². The number of carbonyl (C=O) groups is 2. The first-order chi connectivity index (χ1) is 14.1. The minimum absolute atomic E-state index is 0.0295. The van der Waals surface area contributed by atoms with Crippen molar-refractivity contribution in [1.29, 1.82) is 0 Å². The van der Waals surface area contributed by atoms with Crippen molar-refractivity contribution in [2.45, 2.75) is 6.92 Å². The van der Waals surface area contributed by atoms with Gasteiger partial charge >= 0.3 is 0 Å². The predicted octanol–water partition coefficient (Wildman–Crippen LogP) is 4.71. The molecule has 29 heavy (non-hydrogen) atoms. The van der Waals surface area contributed by atoms with Crippen LogP contribution in [0.3, 0.4) is 0 Å². The van der Waals surface area contributed by atoms with Gasteiger partial charge in [-0.2, -0.15) is 0 Å². The molecule has 0 unspecified atom stereocenters. The number of nitrogens with zero attached hydrogens (tertiary/aromatic N) is 1. The maximum absolute atomic E-state index is 12.6. The molecule has 1 saturated heterocycles. The van der Waals surface area contributed by atoms with Gasteiger partial charge in [0.25, 0.3) is 5.91 Å². The van der Waals surface area contributed by atoms with Crippen molar-refractivity contribution >= 4 is 34.4 Å². The lowest BCUT2D eigenvalue weighted by Gasteiger charge is -2.28. The molecule has 1 aliphatic rings. The third kappa shape index (κ3) is 4.55. The van der Waals surface area contributed by atoms with E-state index >= 15 is 0 Å². The molecule has 0 spiro atoms. The molecular weight excluding hydrogens is 384 g/mol. The zero-order valence-corrected chi connectivity index (χ0v) is 17.0. The zero-order valence-electron chi connectivity index (χ0n) is 16.2. The number of amides is 1. The Morgan fingerprint density at radius 1 is 1.00 bits per heavy atom. The van der Waals surface area contributed by atoms with Crippen molar-refractivity contribution in [2.24, 2.45) is 0 Å². The highest BCUT2D eigenvalue weighted by Crippen LogP contribution is 2.29. The molecular formula is C23H22N2O3S. The van der Waals surface area contributed by atoms with Gasteiger partial charge in [0.1, 0.15) is 0 Å². The van der Waals surface area contributed by atoms with E-state index in [2.05, 4.69) is 10.2 Å². The van der Waals surface area contributed by atoms with Crippen LogP contribution in [0.15, 0.2) is 60.7 Å². The van der Waals surface area contributed by atoms with Crippen LogP contribution in [0.4, 0.5) is 11.4 Å². The first-order valence-corrected chi connectivity index (χ1v) is 10.4. The summed E-state index contributed by atoms with van der Waals surface area (Å²) in [6.07, 6.45) is 0. The van der Waals surface area contributed by atoms with E-state index in [0.717, 1.165) is 48.1 Å². The Labute approximate surface area is 173 Å². The van der Waals surface area contributed by atoms with Crippen molar-refractivity contribution in [1.82, 2.24) is 0 Å². The summed E-state index contributed by atoms with van der Waals surface area (Å²) in [6.45, 7) is 4.81. The maximum atomic E-state index is 12.6. The van der Waals surface area contributed by atoms with Crippen LogP contribution in [0.2, 0.25) is 0 Å². The van der Waals surface area contributed by atoms with Crippen LogP contribution in [-0.2, 0) is 4.74 Å². The molecule has 1 amide bonds. The molecule has 1 aromatic heterocycles. The molecule has 2 heterocycles. The fourth-order valence-corrected chi connectivity index (χ4v) is 4.17. The van der Waals surface area contributed by atoms with Crippen LogP contribution in [0.5, 0.6) is 0 Å². The lowest BCUT2D eigenvalue weighted by Crippen LogP contribution is -2.36. The molecule has 2 aromatic carbocycles. The topological polar surface area (TPSA) is 58.6 Å². The number of ketones is 1. The fraction of sp³-hybridized carbons (Fsp3) is 0.217. The van der Waals surface area contributed by atoms with Gasteiger partial charge in [0.2, 0.25) is 0 Å². The van der Waals surface area contributed by atoms with Crippen LogP contribution < -0.4 is 10.2 Å². The highest BCUT2D eigenvalue weighted by atomic mass is 32.1. The van der Waals surface area contributed by atoms with E-state index in [1.165, 1.54) is 11.3 Å². The molecule has 4 rings (SSSR count). The zero-order chi connectivity index (χ0) is 20.2. The molecule has 0 bridgehead atoms. The van der Waals surface area contributed by atoms with Crippen LogP contribution in [-0.4, -0.2) is 38.0 Å². The number of morpholine rings is 1. The Balaban J connectivity index is 1.44. The van der Waals surface area contributed by atoms with Crippen molar-refractivity contribution in [3.05, 3.63) is 71.1 Å². The standard InChI is InChI=1S/C23H22N2O3S/c1-16(26)17-3-2-4-18(15-17)21-9-10-22(29-21)23(27)24-19-5-7-20(8-6-19)25-11-13-28-14-12-25/h2-10,15H,11-14H2,1H3,(H,24,27). The van der Waals surface area contributed by atoms with Gasteiger partial charge in [-0.15, -0.1) is 11.3 Å². The quantitative estimate of drug-likeness (QED) is 0.624. The number of hydrogen-bond donors (Lipinski definition) is 1. The SMILES string of the molecule is CC(=O)c1cccc(-c2ccc(C(=O)Nc3ccc(N4CCOCC4)cc3)s2)c1. The van der Waals surface area contributed by atoms with Crippen molar-refractivity contribution in [2.75, 3.05) is 36.5 Å². The lowest BCUT2D eigenvalue weighted by atomic mass is 10.1. The van der Waals surface area contributed by atoms with E-state index in [1.54, 1.807) is 13.0 Å². The summed E-state index contributed by atoms with van der Waals surface area (Å²) in [7, 11) is 0. The van der Waals surface area contributed by atoms with Crippen LogP contribution >= 0.6 is 11.3 Å². The molecule has 3 aromatic rings. The number of rotatable bonds is 5. The third-order valence-corrected chi connectivity index (χ3v) is 6.02. The monoisotopic (exact) mass is 406 g/mol. The molecule has 1 fully saturated rings. The summed E-state index contributed by atoms with van der Waals surface area (Å²) >= 11 is 1.41. The highest BCUT2D eigenvalue weighted by Gasteiger charge is 2.13. The first-order valence-electron chi connectivity index (χ1n) is 9.55. The number of thiophene rings is 1. The highest BCUT2D eigenvalue weighted by molar-refractivity contribution is 7.17. The summed E-state index contributed by atoms with van der Waals surface area (Å²) in [4.78, 5) is 28.1. The molecule has 5 nitrogen and oxygen atoms in total. The van der Waals surface area contributed by atoms with Crippen molar-refractivity contribution in [3.63, 3.8) is 0 Å². The van der Waals surface area contributed by atoms with Crippen molar-refractivity contribution in [3.8, 4) is 10.4 Å². The van der Waals surface area contributed by atoms with Gasteiger partial charge in [-0.1, -0.05) is 18.2 Å². The van der Waals surface area contributed by atoms with E-state index in [9.17, 15) is 9.59 Å². The number of Topliss-reactive ketones (excluding diaryl/α,β-unsaturated/α-hetero) is 1. The maximum Gasteiger partial charge on any atom is 0.265 e. The minimum atomic E-state index is -0.136. The molecule has 1 aliphatic heterocycles. The Morgan fingerprint density at radius 2 is 1.76 bits per heavy atom. The number of benzene rings is 2. The average molecular weight is 407 g/mol. The molecule has 0 aliphatic carbocycles. The first kappa shape index (κ1) is 19.4. The molecule has 6 heteroatoms. The molecule has 0 saturated carbocycles. The molecule has 148 valence electrons. The average Bonchev–Trinajstić information content (AvgIpc) is 3.26. The number of carbonyl (C=O) groups excluding carboxylic acids is 2. The van der Waals surface area contributed by atoms with E-state index in [0.29, 0.717) is 10.4 Å². The van der Waals surface area contributed by atoms with Gasteiger partial charge in [0, 0.05) is 34.9 Å². The smallest absolute Gasteiger partial charge is 0.265 e. The van der Waals surface area contributed by atoms with E-state index in [1.807, 2.05) is 54.6 Å². The molecule has 1 N–H and O–H groups in total.